The number of rotatable bonds is 4. The molecule has 2 aromatic rings. The van der Waals surface area contributed by atoms with Crippen LogP contribution >= 0.6 is 11.8 Å². The average Bonchev–Trinajstić information content (AvgIpc) is 3.09. The van der Waals surface area contributed by atoms with Crippen LogP contribution in [0.4, 0.5) is 24.8 Å². The first kappa shape index (κ1) is 22.6. The van der Waals surface area contributed by atoms with Crippen molar-refractivity contribution in [1.29, 1.82) is 0 Å². The maximum absolute atomic E-state index is 13.3. The highest BCUT2D eigenvalue weighted by Crippen LogP contribution is 2.50. The largest absolute Gasteiger partial charge is 0.434 e. The molecule has 1 aliphatic heterocycles. The Balaban J connectivity index is 1.62. The van der Waals surface area contributed by atoms with Crippen LogP contribution in [0, 0.1) is 11.3 Å². The van der Waals surface area contributed by atoms with Crippen LogP contribution in [0.3, 0.4) is 0 Å². The van der Waals surface area contributed by atoms with Gasteiger partial charge in [-0.05, 0) is 42.7 Å². The predicted octanol–water partition coefficient (Wildman–Crippen LogP) is 4.13. The fraction of sp³-hybridized carbons (Fsp3) is 0.524. The number of amides is 1. The van der Waals surface area contributed by atoms with Crippen LogP contribution in [-0.4, -0.2) is 33.9 Å². The maximum Gasteiger partial charge on any atom is 0.434 e. The Morgan fingerprint density at radius 2 is 1.97 bits per heavy atom. The third-order valence-corrected chi connectivity index (χ3v) is 7.81. The number of nitrogen functional groups attached to an aromatic ring is 1. The van der Waals surface area contributed by atoms with Gasteiger partial charge in [-0.3, -0.25) is 9.78 Å². The normalized spacial score (nSPS) is 20.6. The zero-order chi connectivity index (χ0) is 23.1. The molecule has 172 valence electrons. The van der Waals surface area contributed by atoms with Crippen molar-refractivity contribution < 1.29 is 18.0 Å². The first-order chi connectivity index (χ1) is 15.1. The van der Waals surface area contributed by atoms with Crippen LogP contribution in [0.1, 0.15) is 55.2 Å². The summed E-state index contributed by atoms with van der Waals surface area (Å²) in [5, 5.41) is -0.0149. The summed E-state index contributed by atoms with van der Waals surface area (Å²) < 4.78 is 39.9. The number of carbonyl (C=O) groups excluding carboxylic acids is 1. The lowest BCUT2D eigenvalue weighted by atomic mass is 9.71. The molecule has 2 fully saturated rings. The summed E-state index contributed by atoms with van der Waals surface area (Å²) in [5.41, 5.74) is 10.8. The van der Waals surface area contributed by atoms with Gasteiger partial charge in [0.05, 0.1) is 0 Å². The summed E-state index contributed by atoms with van der Waals surface area (Å²) in [4.78, 5) is 26.0. The molecule has 1 amide bonds. The number of pyridine rings is 1. The number of hydrogen-bond donors (Lipinski definition) is 2. The standard InChI is InChI=1S/C21H25F3N6OS/c1-12-4-2-6-20(12)7-10-30(11-8-20)18-14(17(26)31)28-19(16(25)29-18)32-13-5-3-9-27-15(13)21(22,23)24/h3,5,9,12H,2,4,6-8,10-11H2,1H3,(H2,25,29)(H2,26,31)/t12-/m1/s1. The zero-order valence-electron chi connectivity index (χ0n) is 17.7. The van der Waals surface area contributed by atoms with E-state index in [0.717, 1.165) is 19.0 Å². The molecule has 11 heteroatoms. The molecule has 0 radical (unpaired) electrons. The number of alkyl halides is 3. The van der Waals surface area contributed by atoms with E-state index in [0.29, 0.717) is 42.0 Å². The molecule has 0 aromatic carbocycles. The Kier molecular flexibility index (Phi) is 5.95. The molecule has 1 saturated heterocycles. The van der Waals surface area contributed by atoms with Gasteiger partial charge in [-0.2, -0.15) is 13.2 Å². The SMILES string of the molecule is C[C@@H]1CCCC12CCN(c1nc(N)c(Sc3cccnc3C(F)(F)F)nc1C(N)=O)CC2. The van der Waals surface area contributed by atoms with E-state index in [1.54, 1.807) is 0 Å². The van der Waals surface area contributed by atoms with Crippen LogP contribution in [0.5, 0.6) is 0 Å². The number of halogens is 3. The van der Waals surface area contributed by atoms with Crippen LogP contribution < -0.4 is 16.4 Å². The van der Waals surface area contributed by atoms with E-state index in [2.05, 4.69) is 21.9 Å². The van der Waals surface area contributed by atoms with Crippen molar-refractivity contribution in [3.63, 3.8) is 0 Å². The van der Waals surface area contributed by atoms with E-state index in [9.17, 15) is 18.0 Å². The maximum atomic E-state index is 13.3. The highest BCUT2D eigenvalue weighted by molar-refractivity contribution is 7.99. The average molecular weight is 467 g/mol. The molecular formula is C21H25F3N6OS. The van der Waals surface area contributed by atoms with E-state index < -0.39 is 17.8 Å². The lowest BCUT2D eigenvalue weighted by Crippen LogP contribution is -2.42. The van der Waals surface area contributed by atoms with Gasteiger partial charge in [-0.25, -0.2) is 9.97 Å². The zero-order valence-corrected chi connectivity index (χ0v) is 18.5. The van der Waals surface area contributed by atoms with E-state index in [-0.39, 0.29) is 21.4 Å². The lowest BCUT2D eigenvalue weighted by Gasteiger charge is -2.43. The Bertz CT molecular complexity index is 1020. The van der Waals surface area contributed by atoms with Crippen molar-refractivity contribution in [3.05, 3.63) is 29.7 Å². The summed E-state index contributed by atoms with van der Waals surface area (Å²) in [5.74, 6) is 0.104. The lowest BCUT2D eigenvalue weighted by molar-refractivity contribution is -0.143. The number of nitrogens with zero attached hydrogens (tertiary/aromatic N) is 4. The third-order valence-electron chi connectivity index (χ3n) is 6.77. The fourth-order valence-corrected chi connectivity index (χ4v) is 5.80. The number of nitrogens with two attached hydrogens (primary N) is 2. The van der Waals surface area contributed by atoms with Crippen molar-refractivity contribution in [1.82, 2.24) is 15.0 Å². The molecule has 32 heavy (non-hydrogen) atoms. The van der Waals surface area contributed by atoms with Gasteiger partial charge < -0.3 is 16.4 Å². The first-order valence-corrected chi connectivity index (χ1v) is 11.3. The topological polar surface area (TPSA) is 111 Å². The number of piperidine rings is 1. The van der Waals surface area contributed by atoms with Crippen LogP contribution in [0.2, 0.25) is 0 Å². The monoisotopic (exact) mass is 466 g/mol. The van der Waals surface area contributed by atoms with Crippen LogP contribution in [-0.2, 0) is 6.18 Å². The smallest absolute Gasteiger partial charge is 0.381 e. The third kappa shape index (κ3) is 4.22. The second-order valence-corrected chi connectivity index (χ2v) is 9.57. The van der Waals surface area contributed by atoms with E-state index in [1.807, 2.05) is 4.90 Å². The fourth-order valence-electron chi connectivity index (χ4n) is 4.89. The molecule has 2 aliphatic rings. The Labute approximate surface area is 188 Å². The van der Waals surface area contributed by atoms with Crippen molar-refractivity contribution in [2.24, 2.45) is 17.1 Å². The van der Waals surface area contributed by atoms with Gasteiger partial charge in [0.1, 0.15) is 5.03 Å². The number of primary amides is 1. The Morgan fingerprint density at radius 1 is 1.25 bits per heavy atom. The number of hydrogen-bond acceptors (Lipinski definition) is 7. The van der Waals surface area contributed by atoms with Gasteiger partial charge in [0.2, 0.25) is 0 Å². The van der Waals surface area contributed by atoms with Crippen LogP contribution in [0.15, 0.2) is 28.3 Å². The quantitative estimate of drug-likeness (QED) is 0.697. The summed E-state index contributed by atoms with van der Waals surface area (Å²) >= 11 is 0.663. The minimum atomic E-state index is -4.64. The minimum Gasteiger partial charge on any atom is -0.381 e. The molecule has 0 bridgehead atoms. The number of carbonyl (C=O) groups is 1. The van der Waals surface area contributed by atoms with Gasteiger partial charge in [-0.1, -0.05) is 31.5 Å². The molecule has 3 heterocycles. The molecule has 0 unspecified atom stereocenters. The van der Waals surface area contributed by atoms with Gasteiger partial charge >= 0.3 is 6.18 Å². The van der Waals surface area contributed by atoms with Gasteiger partial charge in [0, 0.05) is 24.2 Å². The first-order valence-electron chi connectivity index (χ1n) is 10.5. The minimum absolute atomic E-state index is 0.0149. The molecule has 2 aromatic heterocycles. The van der Waals surface area contributed by atoms with Gasteiger partial charge in [0.25, 0.3) is 5.91 Å². The summed E-state index contributed by atoms with van der Waals surface area (Å²) in [7, 11) is 0. The Morgan fingerprint density at radius 3 is 2.56 bits per heavy atom. The molecule has 4 N–H and O–H groups in total. The van der Waals surface area contributed by atoms with Crippen molar-refractivity contribution in [2.45, 2.75) is 55.1 Å². The summed E-state index contributed by atoms with van der Waals surface area (Å²) in [6, 6.07) is 2.66. The molecule has 7 nitrogen and oxygen atoms in total. The predicted molar refractivity (Wildman–Crippen MR) is 115 cm³/mol. The van der Waals surface area contributed by atoms with Gasteiger partial charge in [-0.15, -0.1) is 0 Å². The van der Waals surface area contributed by atoms with Crippen molar-refractivity contribution in [3.8, 4) is 0 Å². The summed E-state index contributed by atoms with van der Waals surface area (Å²) in [6.45, 7) is 3.70. The second kappa shape index (κ2) is 8.42. The molecule has 1 atom stereocenters. The highest BCUT2D eigenvalue weighted by atomic mass is 32.2. The van der Waals surface area contributed by atoms with E-state index >= 15 is 0 Å². The molecule has 4 rings (SSSR count). The molecular weight excluding hydrogens is 441 g/mol. The van der Waals surface area contributed by atoms with E-state index in [4.69, 9.17) is 11.5 Å². The van der Waals surface area contributed by atoms with Crippen LogP contribution in [0.25, 0.3) is 0 Å². The van der Waals surface area contributed by atoms with Crippen molar-refractivity contribution in [2.75, 3.05) is 23.7 Å². The Hall–Kier alpha value is -2.56. The number of anilines is 2. The molecule has 1 aliphatic carbocycles. The summed E-state index contributed by atoms with van der Waals surface area (Å²) in [6.07, 6.45) is 2.07. The highest BCUT2D eigenvalue weighted by Gasteiger charge is 2.43. The van der Waals surface area contributed by atoms with Gasteiger partial charge in [0.15, 0.2) is 23.0 Å². The molecule has 1 saturated carbocycles. The van der Waals surface area contributed by atoms with Crippen molar-refractivity contribution >= 4 is 29.3 Å². The molecule has 1 spiro atoms. The second-order valence-electron chi connectivity index (χ2n) is 8.54. The van der Waals surface area contributed by atoms with E-state index in [1.165, 1.54) is 31.4 Å². The number of aromatic nitrogens is 3.